The van der Waals surface area contributed by atoms with Crippen molar-refractivity contribution >= 4 is 42.2 Å². The van der Waals surface area contributed by atoms with Crippen molar-refractivity contribution in [3.63, 3.8) is 0 Å². The fraction of sp³-hybridized carbons (Fsp3) is 0.310. The van der Waals surface area contributed by atoms with Crippen molar-refractivity contribution < 1.29 is 0 Å². The predicted octanol–water partition coefficient (Wildman–Crippen LogP) is 8.03. The van der Waals surface area contributed by atoms with E-state index in [1.165, 1.54) is 53.3 Å². The normalized spacial score (nSPS) is 13.7. The molecule has 31 heavy (non-hydrogen) atoms. The molecule has 164 valence electrons. The van der Waals surface area contributed by atoms with Gasteiger partial charge in [-0.1, -0.05) is 0 Å². The van der Waals surface area contributed by atoms with E-state index in [0.717, 1.165) is 5.92 Å². The minimum absolute atomic E-state index is 0.753. The number of rotatable bonds is 10. The molecule has 2 heteroatoms. The van der Waals surface area contributed by atoms with Gasteiger partial charge in [-0.25, -0.2) is 0 Å². The Morgan fingerprint density at radius 2 is 1.16 bits per heavy atom. The van der Waals surface area contributed by atoms with Gasteiger partial charge in [-0.05, 0) is 0 Å². The number of allylic oxidation sites excluding steroid dienone is 2. The van der Waals surface area contributed by atoms with Gasteiger partial charge >= 0.3 is 203 Å². The van der Waals surface area contributed by atoms with Crippen LogP contribution in [0.3, 0.4) is 0 Å². The summed E-state index contributed by atoms with van der Waals surface area (Å²) in [5, 5.41) is 4.47. The number of benzene rings is 3. The van der Waals surface area contributed by atoms with Crippen LogP contribution in [-0.2, 0) is 0 Å². The summed E-state index contributed by atoms with van der Waals surface area (Å²) >= 11 is 2.91. The summed E-state index contributed by atoms with van der Waals surface area (Å²) < 4.78 is -2.60. The van der Waals surface area contributed by atoms with Crippen LogP contribution >= 0.6 is 26.3 Å². The van der Waals surface area contributed by atoms with Crippen LogP contribution < -0.4 is 15.9 Å². The summed E-state index contributed by atoms with van der Waals surface area (Å²) in [6.07, 6.45) is 8.60. The molecule has 1 atom stereocenters. The molecule has 3 aromatic rings. The monoisotopic (exact) mass is 542 g/mol. The average molecular weight is 542 g/mol. The Kier molecular flexibility index (Phi) is 8.53. The van der Waals surface area contributed by atoms with Crippen molar-refractivity contribution in [2.45, 2.75) is 46.5 Å². The first-order valence-electron chi connectivity index (χ1n) is 11.5. The second-order valence-electron chi connectivity index (χ2n) is 9.02. The second kappa shape index (κ2) is 10.9. The SMILES string of the molecule is CC(C)=CCC[C@@H](C)CCCP(I)(c1ccccc1)(c1ccccc1)c1ccccc1. The molecular weight excluding hydrogens is 506 g/mol. The summed E-state index contributed by atoms with van der Waals surface area (Å²) in [7, 11) is 0. The molecular formula is C29H36IP. The first-order valence-corrected chi connectivity index (χ1v) is 16.7. The van der Waals surface area contributed by atoms with Gasteiger partial charge < -0.3 is 0 Å². The molecule has 0 saturated heterocycles. The maximum absolute atomic E-state index is 2.91. The van der Waals surface area contributed by atoms with E-state index in [2.05, 4.69) is 140 Å². The van der Waals surface area contributed by atoms with Gasteiger partial charge in [0.2, 0.25) is 0 Å². The van der Waals surface area contributed by atoms with Gasteiger partial charge in [0.1, 0.15) is 0 Å². The van der Waals surface area contributed by atoms with Gasteiger partial charge in [-0.2, -0.15) is 0 Å². The van der Waals surface area contributed by atoms with Crippen LogP contribution in [-0.4, -0.2) is 6.16 Å². The molecule has 0 fully saturated rings. The van der Waals surface area contributed by atoms with E-state index in [-0.39, 0.29) is 0 Å². The van der Waals surface area contributed by atoms with E-state index >= 15 is 0 Å². The van der Waals surface area contributed by atoms with Gasteiger partial charge in [-0.3, -0.25) is 0 Å². The van der Waals surface area contributed by atoms with Crippen molar-refractivity contribution in [1.29, 1.82) is 0 Å². The molecule has 0 spiro atoms. The van der Waals surface area contributed by atoms with Gasteiger partial charge in [0.15, 0.2) is 0 Å². The van der Waals surface area contributed by atoms with E-state index in [9.17, 15) is 0 Å². The van der Waals surface area contributed by atoms with Crippen LogP contribution in [0.1, 0.15) is 46.5 Å². The van der Waals surface area contributed by atoms with Crippen LogP contribution in [0.5, 0.6) is 0 Å². The molecule has 3 aromatic carbocycles. The van der Waals surface area contributed by atoms with Crippen molar-refractivity contribution in [3.8, 4) is 0 Å². The molecule has 0 saturated carbocycles. The molecule has 3 rings (SSSR count). The Bertz CT molecular complexity index is 860. The number of hydrogen-bond acceptors (Lipinski definition) is 0. The Balaban J connectivity index is 2.00. The zero-order valence-electron chi connectivity index (χ0n) is 19.2. The first-order chi connectivity index (χ1) is 14.9. The summed E-state index contributed by atoms with van der Waals surface area (Å²) in [4.78, 5) is 0. The predicted molar refractivity (Wildman–Crippen MR) is 151 cm³/mol. The molecule has 0 aliphatic carbocycles. The molecule has 0 aromatic heterocycles. The fourth-order valence-corrected chi connectivity index (χ4v) is 13.3. The zero-order chi connectivity index (χ0) is 22.2. The Hall–Kier alpha value is -1.44. The molecule has 0 N–H and O–H groups in total. The minimum atomic E-state index is -2.60. The van der Waals surface area contributed by atoms with Crippen LogP contribution in [0.25, 0.3) is 0 Å². The topological polar surface area (TPSA) is 0 Å². The Morgan fingerprint density at radius 1 is 0.742 bits per heavy atom. The quantitative estimate of drug-likeness (QED) is 0.138. The maximum atomic E-state index is 2.91. The molecule has 0 radical (unpaired) electrons. The van der Waals surface area contributed by atoms with Gasteiger partial charge in [-0.15, -0.1) is 0 Å². The molecule has 0 amide bonds. The molecule has 0 aliphatic heterocycles. The van der Waals surface area contributed by atoms with E-state index in [0.29, 0.717) is 0 Å². The molecule has 0 heterocycles. The summed E-state index contributed by atoms with van der Waals surface area (Å²) in [5.74, 6) is 0.753. The molecule has 0 bridgehead atoms. The third kappa shape index (κ3) is 5.49. The van der Waals surface area contributed by atoms with E-state index in [1.54, 1.807) is 0 Å². The summed E-state index contributed by atoms with van der Waals surface area (Å²) in [5.41, 5.74) is 1.43. The summed E-state index contributed by atoms with van der Waals surface area (Å²) in [6.45, 7) is 6.82. The molecule has 0 nitrogen and oxygen atoms in total. The summed E-state index contributed by atoms with van der Waals surface area (Å²) in [6, 6.07) is 33.9. The molecule has 0 unspecified atom stereocenters. The Morgan fingerprint density at radius 3 is 1.55 bits per heavy atom. The molecule has 0 aliphatic rings. The third-order valence-electron chi connectivity index (χ3n) is 6.37. The number of halogens is 1. The average Bonchev–Trinajstić information content (AvgIpc) is 2.80. The Labute approximate surface area is 202 Å². The van der Waals surface area contributed by atoms with E-state index in [4.69, 9.17) is 0 Å². The fourth-order valence-electron chi connectivity index (χ4n) is 4.59. The van der Waals surface area contributed by atoms with Crippen LogP contribution in [0.2, 0.25) is 0 Å². The van der Waals surface area contributed by atoms with Crippen LogP contribution in [0, 0.1) is 5.92 Å². The van der Waals surface area contributed by atoms with Gasteiger partial charge in [0.25, 0.3) is 0 Å². The number of hydrogen-bond donors (Lipinski definition) is 0. The van der Waals surface area contributed by atoms with Crippen LogP contribution in [0.15, 0.2) is 103 Å². The van der Waals surface area contributed by atoms with Gasteiger partial charge in [0.05, 0.1) is 0 Å². The van der Waals surface area contributed by atoms with E-state index in [1.807, 2.05) is 0 Å². The standard InChI is InChI=1S/C29H36IP/c1-25(2)15-13-16-26(3)17-14-24-31(30,27-18-7-4-8-19-27,28-20-9-5-10-21-28)29-22-11-6-12-23-29/h4-12,15,18-23,26H,13-14,16-17,24H2,1-3H3/t26-/m1/s1. The van der Waals surface area contributed by atoms with Gasteiger partial charge in [0, 0.05) is 0 Å². The van der Waals surface area contributed by atoms with Crippen molar-refractivity contribution in [2.24, 2.45) is 5.92 Å². The first kappa shape index (κ1) is 24.2. The second-order valence-corrected chi connectivity index (χ2v) is 19.8. The van der Waals surface area contributed by atoms with E-state index < -0.39 is 4.25 Å². The van der Waals surface area contributed by atoms with Crippen molar-refractivity contribution in [2.75, 3.05) is 6.16 Å². The van der Waals surface area contributed by atoms with Crippen molar-refractivity contribution in [1.82, 2.24) is 0 Å². The van der Waals surface area contributed by atoms with Crippen LogP contribution in [0.4, 0.5) is 0 Å². The zero-order valence-corrected chi connectivity index (χ0v) is 22.2. The van der Waals surface area contributed by atoms with Crippen molar-refractivity contribution in [3.05, 3.63) is 103 Å². The third-order valence-corrected chi connectivity index (χ3v) is 18.1.